The van der Waals surface area contributed by atoms with Gasteiger partial charge in [-0.1, -0.05) is 0 Å². The Balaban J connectivity index is 2.55. The first-order chi connectivity index (χ1) is 7.08. The van der Waals surface area contributed by atoms with E-state index in [0.717, 1.165) is 6.42 Å². The highest BCUT2D eigenvalue weighted by atomic mass is 16.5. The van der Waals surface area contributed by atoms with Gasteiger partial charge in [0, 0.05) is 13.7 Å². The Bertz CT molecular complexity index is 221. The van der Waals surface area contributed by atoms with E-state index in [-0.39, 0.29) is 24.7 Å². The molecule has 1 amide bonds. The molecule has 5 nitrogen and oxygen atoms in total. The molecule has 1 rings (SSSR count). The van der Waals surface area contributed by atoms with E-state index in [1.165, 1.54) is 0 Å². The number of likely N-dealkylation sites (tertiary alicyclic amines) is 1. The van der Waals surface area contributed by atoms with E-state index in [0.29, 0.717) is 13.1 Å². The maximum absolute atomic E-state index is 11.8. The molecule has 1 N–H and O–H groups in total. The summed E-state index contributed by atoms with van der Waals surface area (Å²) in [6.07, 6.45) is 0.792. The minimum atomic E-state index is -0.0811. The van der Waals surface area contributed by atoms with Gasteiger partial charge >= 0.3 is 0 Å². The predicted molar refractivity (Wildman–Crippen MR) is 56.6 cm³/mol. The molecule has 1 aliphatic rings. The maximum atomic E-state index is 11.8. The smallest absolute Gasteiger partial charge is 0.237 e. The molecule has 1 heterocycles. The second-order valence-corrected chi connectivity index (χ2v) is 4.21. The van der Waals surface area contributed by atoms with Crippen LogP contribution in [0.3, 0.4) is 0 Å². The van der Waals surface area contributed by atoms with Crippen molar-refractivity contribution in [1.82, 2.24) is 9.80 Å². The molecule has 0 aromatic heterocycles. The molecular formula is C10H20N2O3. The molecule has 0 spiro atoms. The molecule has 0 saturated carbocycles. The van der Waals surface area contributed by atoms with E-state index >= 15 is 0 Å². The van der Waals surface area contributed by atoms with Crippen molar-refractivity contribution in [2.24, 2.45) is 0 Å². The zero-order chi connectivity index (χ0) is 11.4. The van der Waals surface area contributed by atoms with Crippen LogP contribution in [0.5, 0.6) is 0 Å². The number of rotatable bonds is 4. The summed E-state index contributed by atoms with van der Waals surface area (Å²) in [7, 11) is 5.35. The van der Waals surface area contributed by atoms with Crippen LogP contribution in [0.2, 0.25) is 0 Å². The number of amides is 1. The van der Waals surface area contributed by atoms with Crippen LogP contribution in [-0.4, -0.2) is 73.9 Å². The van der Waals surface area contributed by atoms with E-state index in [9.17, 15) is 4.79 Å². The van der Waals surface area contributed by atoms with Crippen molar-refractivity contribution in [2.45, 2.75) is 18.6 Å². The van der Waals surface area contributed by atoms with Crippen LogP contribution in [-0.2, 0) is 9.53 Å². The van der Waals surface area contributed by atoms with Crippen LogP contribution in [0.1, 0.15) is 6.42 Å². The van der Waals surface area contributed by atoms with Crippen molar-refractivity contribution in [1.29, 1.82) is 0 Å². The third-order valence-electron chi connectivity index (χ3n) is 2.69. The van der Waals surface area contributed by atoms with Gasteiger partial charge in [-0.15, -0.1) is 0 Å². The number of ether oxygens (including phenoxy) is 1. The summed E-state index contributed by atoms with van der Waals surface area (Å²) in [5.41, 5.74) is 0. The Kier molecular flexibility index (Phi) is 4.50. The fourth-order valence-corrected chi connectivity index (χ4v) is 1.88. The van der Waals surface area contributed by atoms with Gasteiger partial charge in [-0.25, -0.2) is 0 Å². The fraction of sp³-hybridized carbons (Fsp3) is 0.900. The lowest BCUT2D eigenvalue weighted by Gasteiger charge is -2.24. The third kappa shape index (κ3) is 3.15. The summed E-state index contributed by atoms with van der Waals surface area (Å²) in [5.74, 6) is 0.0543. The van der Waals surface area contributed by atoms with Crippen molar-refractivity contribution < 1.29 is 14.6 Å². The minimum absolute atomic E-state index is 0.0129. The van der Waals surface area contributed by atoms with Crippen LogP contribution < -0.4 is 0 Å². The molecule has 0 bridgehead atoms. The van der Waals surface area contributed by atoms with Gasteiger partial charge in [0.1, 0.15) is 0 Å². The monoisotopic (exact) mass is 216 g/mol. The van der Waals surface area contributed by atoms with Gasteiger partial charge in [-0.05, 0) is 20.5 Å². The lowest BCUT2D eigenvalue weighted by atomic mass is 10.2. The average Bonchev–Trinajstić information content (AvgIpc) is 2.59. The minimum Gasteiger partial charge on any atom is -0.394 e. The lowest BCUT2D eigenvalue weighted by Crippen LogP contribution is -2.42. The van der Waals surface area contributed by atoms with Gasteiger partial charge in [-0.2, -0.15) is 0 Å². The second-order valence-electron chi connectivity index (χ2n) is 4.21. The Labute approximate surface area is 90.6 Å². The number of hydrogen-bond acceptors (Lipinski definition) is 4. The molecule has 0 aliphatic carbocycles. The first-order valence-corrected chi connectivity index (χ1v) is 5.16. The fourth-order valence-electron chi connectivity index (χ4n) is 1.88. The Hall–Kier alpha value is -0.650. The molecule has 1 aliphatic heterocycles. The number of aliphatic hydroxyl groups excluding tert-OH is 1. The quantitative estimate of drug-likeness (QED) is 0.665. The Morgan fingerprint density at radius 3 is 2.73 bits per heavy atom. The van der Waals surface area contributed by atoms with Crippen molar-refractivity contribution >= 4 is 5.91 Å². The Morgan fingerprint density at radius 1 is 1.60 bits per heavy atom. The summed E-state index contributed by atoms with van der Waals surface area (Å²) < 4.78 is 5.21. The van der Waals surface area contributed by atoms with Gasteiger partial charge in [-0.3, -0.25) is 4.79 Å². The first-order valence-electron chi connectivity index (χ1n) is 5.16. The molecule has 0 radical (unpaired) electrons. The highest BCUT2D eigenvalue weighted by molar-refractivity contribution is 5.79. The molecule has 2 atom stereocenters. The molecule has 0 aromatic rings. The zero-order valence-corrected chi connectivity index (χ0v) is 9.64. The maximum Gasteiger partial charge on any atom is 0.237 e. The van der Waals surface area contributed by atoms with Crippen molar-refractivity contribution in [3.63, 3.8) is 0 Å². The summed E-state index contributed by atoms with van der Waals surface area (Å²) >= 11 is 0. The van der Waals surface area contributed by atoms with E-state index < -0.39 is 0 Å². The highest BCUT2D eigenvalue weighted by Gasteiger charge is 2.34. The van der Waals surface area contributed by atoms with E-state index in [1.807, 2.05) is 19.0 Å². The first kappa shape index (κ1) is 12.4. The molecule has 0 aromatic carbocycles. The highest BCUT2D eigenvalue weighted by Crippen LogP contribution is 2.19. The van der Waals surface area contributed by atoms with Gasteiger partial charge in [0.05, 0.1) is 25.3 Å². The number of hydrogen-bond donors (Lipinski definition) is 1. The van der Waals surface area contributed by atoms with Crippen LogP contribution >= 0.6 is 0 Å². The van der Waals surface area contributed by atoms with Crippen LogP contribution in [0.15, 0.2) is 0 Å². The van der Waals surface area contributed by atoms with Crippen molar-refractivity contribution in [3.8, 4) is 0 Å². The second kappa shape index (κ2) is 5.44. The van der Waals surface area contributed by atoms with Crippen molar-refractivity contribution in [2.75, 3.05) is 40.9 Å². The average molecular weight is 216 g/mol. The number of aliphatic hydroxyl groups is 1. The number of nitrogens with zero attached hydrogens (tertiary/aromatic N) is 2. The molecule has 15 heavy (non-hydrogen) atoms. The molecule has 5 heteroatoms. The Morgan fingerprint density at radius 2 is 2.27 bits per heavy atom. The van der Waals surface area contributed by atoms with Crippen LogP contribution in [0.4, 0.5) is 0 Å². The summed E-state index contributed by atoms with van der Waals surface area (Å²) in [6, 6.07) is -0.0811. The summed E-state index contributed by atoms with van der Waals surface area (Å²) in [4.78, 5) is 15.4. The zero-order valence-electron chi connectivity index (χ0n) is 9.64. The largest absolute Gasteiger partial charge is 0.394 e. The summed E-state index contributed by atoms with van der Waals surface area (Å²) in [5, 5.41) is 9.17. The molecule has 88 valence electrons. The molecule has 1 fully saturated rings. The van der Waals surface area contributed by atoms with E-state index in [4.69, 9.17) is 9.84 Å². The number of carbonyl (C=O) groups is 1. The van der Waals surface area contributed by atoms with Crippen LogP contribution in [0, 0.1) is 0 Å². The van der Waals surface area contributed by atoms with Gasteiger partial charge < -0.3 is 19.6 Å². The van der Waals surface area contributed by atoms with Gasteiger partial charge in [0.2, 0.25) is 5.91 Å². The van der Waals surface area contributed by atoms with Gasteiger partial charge in [0.15, 0.2) is 0 Å². The number of likely N-dealkylation sites (N-methyl/N-ethyl adjacent to an activating group) is 1. The van der Waals surface area contributed by atoms with E-state index in [2.05, 4.69) is 0 Å². The van der Waals surface area contributed by atoms with Crippen LogP contribution in [0.25, 0.3) is 0 Å². The molecular weight excluding hydrogens is 196 g/mol. The number of methoxy groups -OCH3 is 1. The topological polar surface area (TPSA) is 53.0 Å². The predicted octanol–water partition coefficient (Wildman–Crippen LogP) is -0.844. The summed E-state index contributed by atoms with van der Waals surface area (Å²) in [6.45, 7) is 0.986. The normalized spacial score (nSPS) is 26.3. The lowest BCUT2D eigenvalue weighted by molar-refractivity contribution is -0.133. The molecule has 0 unspecified atom stereocenters. The van der Waals surface area contributed by atoms with Crippen molar-refractivity contribution in [3.05, 3.63) is 0 Å². The van der Waals surface area contributed by atoms with E-state index in [1.54, 1.807) is 12.0 Å². The standard InChI is InChI=1S/C10H20N2O3/c1-11(2)6-10(14)12-5-9(15-3)4-8(12)7-13/h8-9,13H,4-7H2,1-3H3/t8-,9-/m0/s1. The SMILES string of the molecule is CO[C@H]1C[C@@H](CO)N(C(=O)CN(C)C)C1. The number of carbonyl (C=O) groups excluding carboxylic acids is 1. The van der Waals surface area contributed by atoms with Gasteiger partial charge in [0.25, 0.3) is 0 Å². The third-order valence-corrected chi connectivity index (χ3v) is 2.69. The molecule has 1 saturated heterocycles.